The molecular formula is C37H61F2N3O6S. The van der Waals surface area contributed by atoms with Crippen LogP contribution in [0.5, 0.6) is 0 Å². The molecule has 0 unspecified atom stereocenters. The number of primary amides is 1. The minimum absolute atomic E-state index is 0.00723. The largest absolute Gasteiger partial charge is 0.447 e. The van der Waals surface area contributed by atoms with Crippen LogP contribution in [0.25, 0.3) is 0 Å². The molecule has 2 amide bonds. The number of hydrogen-bond donors (Lipinski definition) is 3. The molecule has 280 valence electrons. The van der Waals surface area contributed by atoms with E-state index in [1.165, 1.54) is 4.90 Å². The van der Waals surface area contributed by atoms with Crippen LogP contribution >= 0.6 is 0 Å². The summed E-state index contributed by atoms with van der Waals surface area (Å²) in [5.41, 5.74) is 13.0. The average Bonchev–Trinajstić information content (AvgIpc) is 3.04. The van der Waals surface area contributed by atoms with E-state index in [-0.39, 0.29) is 37.8 Å². The SMILES string of the molecule is C=C.CC.CC(C)OC(N)=O.CCCC(CCC)S(=O)(=O)CCC(=O)N(Cc1cccc(CC)c1)C[C@@H](O)[C@@H](N)Cc1cc(F)cc(F)c1. The molecule has 5 N–H and O–H groups in total. The minimum atomic E-state index is -3.46. The van der Waals surface area contributed by atoms with Crippen molar-refractivity contribution >= 4 is 21.8 Å². The van der Waals surface area contributed by atoms with Crippen LogP contribution in [0.15, 0.2) is 55.6 Å². The van der Waals surface area contributed by atoms with Gasteiger partial charge in [-0.05, 0) is 68.4 Å². The van der Waals surface area contributed by atoms with Gasteiger partial charge in [-0.3, -0.25) is 4.79 Å². The Balaban J connectivity index is 0. The third-order valence-corrected chi connectivity index (χ3v) is 9.36. The molecule has 2 atom stereocenters. The Hall–Kier alpha value is -3.35. The number of carbonyl (C=O) groups is 2. The lowest BCUT2D eigenvalue weighted by molar-refractivity contribution is -0.133. The quantitative estimate of drug-likeness (QED) is 0.151. The van der Waals surface area contributed by atoms with Crippen molar-refractivity contribution < 1.29 is 36.6 Å². The van der Waals surface area contributed by atoms with Crippen molar-refractivity contribution in [3.05, 3.63) is 83.9 Å². The van der Waals surface area contributed by atoms with Gasteiger partial charge in [0.05, 0.1) is 23.2 Å². The van der Waals surface area contributed by atoms with Gasteiger partial charge >= 0.3 is 6.09 Å². The van der Waals surface area contributed by atoms with Gasteiger partial charge in [-0.1, -0.05) is 71.7 Å². The number of rotatable bonds is 17. The van der Waals surface area contributed by atoms with Gasteiger partial charge in [-0.25, -0.2) is 22.0 Å². The van der Waals surface area contributed by atoms with Crippen molar-refractivity contribution in [2.45, 2.75) is 123 Å². The van der Waals surface area contributed by atoms with E-state index in [1.807, 2.05) is 58.9 Å². The highest BCUT2D eigenvalue weighted by Gasteiger charge is 2.28. The zero-order valence-corrected chi connectivity index (χ0v) is 31.4. The summed E-state index contributed by atoms with van der Waals surface area (Å²) in [5, 5.41) is 10.4. The van der Waals surface area contributed by atoms with Crippen LogP contribution in [0.3, 0.4) is 0 Å². The molecule has 49 heavy (non-hydrogen) atoms. The van der Waals surface area contributed by atoms with Gasteiger partial charge in [0, 0.05) is 31.6 Å². The number of ether oxygens (including phenoxy) is 1. The molecule has 0 bridgehead atoms. The number of hydrogen-bond acceptors (Lipinski definition) is 7. The number of sulfone groups is 1. The van der Waals surface area contributed by atoms with Gasteiger partial charge in [0.15, 0.2) is 9.84 Å². The molecule has 0 saturated carbocycles. The van der Waals surface area contributed by atoms with Crippen molar-refractivity contribution in [2.75, 3.05) is 12.3 Å². The maximum absolute atomic E-state index is 13.6. The van der Waals surface area contributed by atoms with Crippen LogP contribution in [0.2, 0.25) is 0 Å². The number of halogens is 2. The fraction of sp³-hybridized carbons (Fsp3) is 0.568. The second-order valence-electron chi connectivity index (χ2n) is 11.5. The number of aliphatic hydroxyl groups is 1. The van der Waals surface area contributed by atoms with Gasteiger partial charge in [0.2, 0.25) is 5.91 Å². The molecule has 0 aliphatic heterocycles. The second kappa shape index (κ2) is 26.5. The molecule has 2 aromatic rings. The molecule has 0 fully saturated rings. The number of carbonyl (C=O) groups excluding carboxylic acids is 2. The Morgan fingerprint density at radius 3 is 1.92 bits per heavy atom. The van der Waals surface area contributed by atoms with Crippen LogP contribution in [-0.2, 0) is 38.8 Å². The standard InChI is InChI=1S/C29H42F2N2O4S.C4H9NO2.C2H6.C2H4/c1-4-8-26(9-5-2)38(36,37)13-12-29(35)33(19-22-11-7-10-21(6-3)14-22)20-28(34)27(32)17-23-15-24(30)18-25(31)16-23;1-3(2)7-4(5)6;2*1-2/h7,10-11,14-16,18,26-28,34H,4-6,8-9,12-13,17,19-20,32H2,1-3H3;3H,1-2H3,(H2,5,6);1-2H3;1-2H2/t27-,28+;;;/m0.../s1. The van der Waals surface area contributed by atoms with Crippen molar-refractivity contribution in [2.24, 2.45) is 11.5 Å². The van der Waals surface area contributed by atoms with E-state index in [4.69, 9.17) is 5.73 Å². The maximum Gasteiger partial charge on any atom is 0.404 e. The number of nitrogens with zero attached hydrogens (tertiary/aromatic N) is 1. The highest BCUT2D eigenvalue weighted by Crippen LogP contribution is 2.19. The Morgan fingerprint density at radius 1 is 0.939 bits per heavy atom. The summed E-state index contributed by atoms with van der Waals surface area (Å²) in [6.07, 6.45) is 1.24. The van der Waals surface area contributed by atoms with E-state index >= 15 is 0 Å². The van der Waals surface area contributed by atoms with Crippen molar-refractivity contribution in [1.82, 2.24) is 4.90 Å². The van der Waals surface area contributed by atoms with E-state index in [0.717, 1.165) is 48.6 Å². The first-order valence-electron chi connectivity index (χ1n) is 17.0. The first-order valence-corrected chi connectivity index (χ1v) is 18.7. The molecule has 0 spiro atoms. The average molecular weight is 714 g/mol. The summed E-state index contributed by atoms with van der Waals surface area (Å²) >= 11 is 0. The summed E-state index contributed by atoms with van der Waals surface area (Å²) in [6, 6.07) is 9.89. The Kier molecular flexibility index (Phi) is 25.8. The molecular weight excluding hydrogens is 652 g/mol. The Morgan fingerprint density at radius 2 is 1.47 bits per heavy atom. The topological polar surface area (TPSA) is 153 Å². The third kappa shape index (κ3) is 20.7. The van der Waals surface area contributed by atoms with Crippen LogP contribution in [0.4, 0.5) is 13.6 Å². The van der Waals surface area contributed by atoms with E-state index in [2.05, 4.69) is 23.6 Å². The molecule has 0 aromatic heterocycles. The second-order valence-corrected chi connectivity index (χ2v) is 13.9. The highest BCUT2D eigenvalue weighted by atomic mass is 32.2. The van der Waals surface area contributed by atoms with E-state index < -0.39 is 50.9 Å². The molecule has 2 aromatic carbocycles. The van der Waals surface area contributed by atoms with E-state index in [9.17, 15) is 31.9 Å². The lowest BCUT2D eigenvalue weighted by Crippen LogP contribution is -2.46. The molecule has 0 saturated heterocycles. The van der Waals surface area contributed by atoms with Crippen LogP contribution in [0.1, 0.15) is 97.3 Å². The molecule has 12 heteroatoms. The van der Waals surface area contributed by atoms with Crippen molar-refractivity contribution in [3.8, 4) is 0 Å². The molecule has 0 heterocycles. The predicted molar refractivity (Wildman–Crippen MR) is 196 cm³/mol. The molecule has 0 aliphatic carbocycles. The monoisotopic (exact) mass is 713 g/mol. The number of aryl methyl sites for hydroxylation is 1. The maximum atomic E-state index is 13.6. The van der Waals surface area contributed by atoms with Gasteiger partial charge < -0.3 is 26.2 Å². The predicted octanol–water partition coefficient (Wildman–Crippen LogP) is 6.88. The van der Waals surface area contributed by atoms with Gasteiger partial charge in [-0.15, -0.1) is 13.2 Å². The first kappa shape index (κ1) is 47.8. The van der Waals surface area contributed by atoms with Gasteiger partial charge in [0.1, 0.15) is 11.6 Å². The Labute approximate surface area is 294 Å². The van der Waals surface area contributed by atoms with Crippen molar-refractivity contribution in [1.29, 1.82) is 0 Å². The summed E-state index contributed by atoms with van der Waals surface area (Å²) in [5.74, 6) is -2.13. The Bertz CT molecular complexity index is 1300. The molecule has 2 rings (SSSR count). The summed E-state index contributed by atoms with van der Waals surface area (Å²) < 4.78 is 57.5. The van der Waals surface area contributed by atoms with Crippen LogP contribution in [-0.4, -0.2) is 66.2 Å². The molecule has 0 radical (unpaired) electrons. The number of amides is 2. The normalized spacial score (nSPS) is 11.9. The lowest BCUT2D eigenvalue weighted by atomic mass is 10.0. The molecule has 0 aliphatic rings. The number of benzene rings is 2. The zero-order valence-electron chi connectivity index (χ0n) is 30.6. The van der Waals surface area contributed by atoms with E-state index in [1.54, 1.807) is 13.8 Å². The minimum Gasteiger partial charge on any atom is -0.447 e. The lowest BCUT2D eigenvalue weighted by Gasteiger charge is -2.29. The molecule has 9 nitrogen and oxygen atoms in total. The van der Waals surface area contributed by atoms with Crippen LogP contribution < -0.4 is 11.5 Å². The smallest absolute Gasteiger partial charge is 0.404 e. The fourth-order valence-corrected chi connectivity index (χ4v) is 6.84. The summed E-state index contributed by atoms with van der Waals surface area (Å²) in [7, 11) is -3.46. The van der Waals surface area contributed by atoms with Crippen LogP contribution in [0, 0.1) is 11.6 Å². The third-order valence-electron chi connectivity index (χ3n) is 7.10. The summed E-state index contributed by atoms with van der Waals surface area (Å²) in [4.78, 5) is 24.5. The highest BCUT2D eigenvalue weighted by molar-refractivity contribution is 7.92. The van der Waals surface area contributed by atoms with Gasteiger partial charge in [-0.2, -0.15) is 0 Å². The first-order chi connectivity index (χ1) is 23.1. The van der Waals surface area contributed by atoms with Gasteiger partial charge in [0.25, 0.3) is 0 Å². The number of nitrogens with two attached hydrogens (primary N) is 2. The van der Waals surface area contributed by atoms with Crippen molar-refractivity contribution in [3.63, 3.8) is 0 Å². The van der Waals surface area contributed by atoms with E-state index in [0.29, 0.717) is 18.4 Å². The fourth-order valence-electron chi connectivity index (χ4n) is 4.86. The summed E-state index contributed by atoms with van der Waals surface area (Å²) in [6.45, 7) is 19.4. The number of aliphatic hydroxyl groups excluding tert-OH is 1. The zero-order chi connectivity index (χ0) is 38.2.